The normalized spacial score (nSPS) is 21.3. The average molecular weight is 545 g/mol. The lowest BCUT2D eigenvalue weighted by molar-refractivity contribution is -0.0958. The van der Waals surface area contributed by atoms with Crippen molar-refractivity contribution in [2.24, 2.45) is 0 Å². The molecule has 6 rings (SSSR count). The average Bonchev–Trinajstić information content (AvgIpc) is 3.33. The van der Waals surface area contributed by atoms with Crippen LogP contribution in [0.2, 0.25) is 0 Å². The van der Waals surface area contributed by atoms with Gasteiger partial charge >= 0.3 is 5.69 Å². The van der Waals surface area contributed by atoms with Crippen LogP contribution < -0.4 is 16.0 Å². The first kappa shape index (κ1) is 25.6. The van der Waals surface area contributed by atoms with Crippen LogP contribution in [0, 0.1) is 6.92 Å². The van der Waals surface area contributed by atoms with Crippen LogP contribution in [0.4, 0.5) is 0 Å². The van der Waals surface area contributed by atoms with Crippen molar-refractivity contribution < 1.29 is 19.3 Å². The third kappa shape index (κ3) is 4.41. The largest absolute Gasteiger partial charge is 0.497 e. The van der Waals surface area contributed by atoms with Crippen molar-refractivity contribution in [3.05, 3.63) is 122 Å². The van der Waals surface area contributed by atoms with Crippen molar-refractivity contribution in [1.82, 2.24) is 9.55 Å². The molecular formula is C30H28N2O6S. The SMILES string of the molecule is COc1cccc(C2(OC[C@H]3O[C@@H](n4cc(C)c(=O)[nH]c4=O)C[C@@H]3O)c3ccccc3Sc3ccccc32)c1. The lowest BCUT2D eigenvalue weighted by Crippen LogP contribution is -2.40. The minimum atomic E-state index is -1.00. The van der Waals surface area contributed by atoms with Crippen LogP contribution in [0.5, 0.6) is 5.75 Å². The number of nitrogens with zero attached hydrogens (tertiary/aromatic N) is 1. The van der Waals surface area contributed by atoms with Crippen LogP contribution in [0.15, 0.2) is 98.4 Å². The van der Waals surface area contributed by atoms with Gasteiger partial charge in [-0.1, -0.05) is 60.3 Å². The fraction of sp³-hybridized carbons (Fsp3) is 0.267. The first-order valence-electron chi connectivity index (χ1n) is 12.7. The number of aliphatic hydroxyl groups is 1. The fourth-order valence-corrected chi connectivity index (χ4v) is 6.57. The second kappa shape index (κ2) is 10.2. The van der Waals surface area contributed by atoms with E-state index in [1.807, 2.05) is 48.5 Å². The van der Waals surface area contributed by atoms with Gasteiger partial charge in [0, 0.05) is 39.1 Å². The van der Waals surface area contributed by atoms with Crippen molar-refractivity contribution in [1.29, 1.82) is 0 Å². The molecule has 3 atom stereocenters. The van der Waals surface area contributed by atoms with Gasteiger partial charge in [0.25, 0.3) is 5.56 Å². The van der Waals surface area contributed by atoms with Crippen LogP contribution in [-0.2, 0) is 15.1 Å². The van der Waals surface area contributed by atoms with Crippen molar-refractivity contribution in [2.75, 3.05) is 13.7 Å². The Hall–Kier alpha value is -3.63. The molecule has 1 aromatic heterocycles. The van der Waals surface area contributed by atoms with Gasteiger partial charge in [-0.25, -0.2) is 4.79 Å². The first-order valence-corrected chi connectivity index (χ1v) is 13.5. The Morgan fingerprint density at radius 1 is 1.05 bits per heavy atom. The zero-order valence-electron chi connectivity index (χ0n) is 21.5. The highest BCUT2D eigenvalue weighted by Crippen LogP contribution is 2.53. The Bertz CT molecular complexity index is 1600. The highest BCUT2D eigenvalue weighted by Gasteiger charge is 2.46. The number of aliphatic hydroxyl groups excluding tert-OH is 1. The molecule has 2 aliphatic rings. The lowest BCUT2D eigenvalue weighted by atomic mass is 9.79. The Balaban J connectivity index is 1.41. The third-order valence-corrected chi connectivity index (χ3v) is 8.51. The van der Waals surface area contributed by atoms with Crippen molar-refractivity contribution >= 4 is 11.8 Å². The van der Waals surface area contributed by atoms with E-state index >= 15 is 0 Å². The van der Waals surface area contributed by atoms with E-state index in [0.29, 0.717) is 11.3 Å². The molecule has 8 nitrogen and oxygen atoms in total. The molecule has 39 heavy (non-hydrogen) atoms. The van der Waals surface area contributed by atoms with E-state index in [2.05, 4.69) is 29.2 Å². The van der Waals surface area contributed by atoms with E-state index in [9.17, 15) is 14.7 Å². The maximum Gasteiger partial charge on any atom is 0.330 e. The maximum absolute atomic E-state index is 12.5. The monoisotopic (exact) mass is 544 g/mol. The van der Waals surface area contributed by atoms with Gasteiger partial charge in [0.15, 0.2) is 0 Å². The number of H-pyrrole nitrogens is 1. The molecule has 0 unspecified atom stereocenters. The summed E-state index contributed by atoms with van der Waals surface area (Å²) in [6, 6.07) is 24.1. The van der Waals surface area contributed by atoms with Gasteiger partial charge in [-0.3, -0.25) is 14.3 Å². The molecule has 3 heterocycles. The van der Waals surface area contributed by atoms with Crippen LogP contribution in [-0.4, -0.2) is 40.6 Å². The molecule has 1 fully saturated rings. The van der Waals surface area contributed by atoms with E-state index in [-0.39, 0.29) is 13.0 Å². The number of fused-ring (bicyclic) bond motifs is 2. The summed E-state index contributed by atoms with van der Waals surface area (Å²) in [5, 5.41) is 11.0. The van der Waals surface area contributed by atoms with Crippen LogP contribution >= 0.6 is 11.8 Å². The number of hydrogen-bond donors (Lipinski definition) is 2. The zero-order chi connectivity index (χ0) is 27.1. The molecule has 0 aliphatic carbocycles. The van der Waals surface area contributed by atoms with E-state index in [1.165, 1.54) is 10.8 Å². The van der Waals surface area contributed by atoms with Gasteiger partial charge in [0.05, 0.1) is 19.8 Å². The minimum Gasteiger partial charge on any atom is -0.497 e. The van der Waals surface area contributed by atoms with Crippen LogP contribution in [0.3, 0.4) is 0 Å². The van der Waals surface area contributed by atoms with Gasteiger partial charge in [-0.2, -0.15) is 0 Å². The van der Waals surface area contributed by atoms with E-state index in [1.54, 1.807) is 25.8 Å². The molecule has 4 aromatic rings. The maximum atomic E-state index is 12.5. The molecule has 0 spiro atoms. The highest BCUT2D eigenvalue weighted by molar-refractivity contribution is 7.99. The van der Waals surface area contributed by atoms with Gasteiger partial charge in [-0.05, 0) is 36.8 Å². The van der Waals surface area contributed by atoms with E-state index in [0.717, 1.165) is 26.5 Å². The number of methoxy groups -OCH3 is 1. The topological polar surface area (TPSA) is 103 Å². The number of hydrogen-bond acceptors (Lipinski definition) is 7. The van der Waals surface area contributed by atoms with Crippen molar-refractivity contribution in [3.63, 3.8) is 0 Å². The van der Waals surface area contributed by atoms with Crippen LogP contribution in [0.1, 0.15) is 34.9 Å². The molecule has 2 aliphatic heterocycles. The highest BCUT2D eigenvalue weighted by atomic mass is 32.2. The van der Waals surface area contributed by atoms with Gasteiger partial charge < -0.3 is 19.3 Å². The number of aryl methyl sites for hydroxylation is 1. The molecule has 3 aromatic carbocycles. The summed E-state index contributed by atoms with van der Waals surface area (Å²) >= 11 is 1.69. The summed E-state index contributed by atoms with van der Waals surface area (Å²) in [5.41, 5.74) is 1.22. The van der Waals surface area contributed by atoms with E-state index < -0.39 is 35.3 Å². The summed E-state index contributed by atoms with van der Waals surface area (Å²) in [4.78, 5) is 28.8. The van der Waals surface area contributed by atoms with Gasteiger partial charge in [-0.15, -0.1) is 0 Å². The molecule has 0 saturated carbocycles. The molecule has 0 bridgehead atoms. The number of benzene rings is 3. The fourth-order valence-electron chi connectivity index (χ4n) is 5.39. The number of aromatic nitrogens is 2. The van der Waals surface area contributed by atoms with Crippen molar-refractivity contribution in [3.8, 4) is 5.75 Å². The van der Waals surface area contributed by atoms with Crippen LogP contribution in [0.25, 0.3) is 0 Å². The second-order valence-corrected chi connectivity index (χ2v) is 10.8. The number of aromatic amines is 1. The Kier molecular flexibility index (Phi) is 6.68. The summed E-state index contributed by atoms with van der Waals surface area (Å²) < 4.78 is 20.0. The smallest absolute Gasteiger partial charge is 0.330 e. The molecular weight excluding hydrogens is 516 g/mol. The Morgan fingerprint density at radius 2 is 1.74 bits per heavy atom. The predicted molar refractivity (Wildman–Crippen MR) is 146 cm³/mol. The number of nitrogens with one attached hydrogen (secondary N) is 1. The summed E-state index contributed by atoms with van der Waals surface area (Å²) in [7, 11) is 1.63. The summed E-state index contributed by atoms with van der Waals surface area (Å²) in [6.45, 7) is 1.67. The summed E-state index contributed by atoms with van der Waals surface area (Å²) in [5.74, 6) is 0.702. The Labute approximate surface area is 229 Å². The zero-order valence-corrected chi connectivity index (χ0v) is 22.3. The van der Waals surface area contributed by atoms with Gasteiger partial charge in [0.2, 0.25) is 0 Å². The molecule has 2 N–H and O–H groups in total. The minimum absolute atomic E-state index is 0.0549. The third-order valence-electron chi connectivity index (χ3n) is 7.35. The predicted octanol–water partition coefficient (Wildman–Crippen LogP) is 3.98. The Morgan fingerprint density at radius 3 is 2.44 bits per heavy atom. The quantitative estimate of drug-likeness (QED) is 0.379. The molecule has 1 saturated heterocycles. The standard InChI is InChI=1S/C30H28N2O6S/c1-18-16-32(29(35)31-28(18)34)27-15-23(33)24(38-27)17-37-30(19-8-7-9-20(14-19)36-2)21-10-3-5-12-25(21)39-26-13-6-4-11-22(26)30/h3-14,16,23-24,27,33H,15,17H2,1-2H3,(H,31,34,35)/t23-,24+,27+/m0/s1. The molecule has 200 valence electrons. The molecule has 0 amide bonds. The van der Waals surface area contributed by atoms with Gasteiger partial charge in [0.1, 0.15) is 23.7 Å². The summed E-state index contributed by atoms with van der Waals surface area (Å²) in [6.07, 6.45) is -0.657. The molecule has 0 radical (unpaired) electrons. The number of rotatable bonds is 6. The molecule has 9 heteroatoms. The lowest BCUT2D eigenvalue weighted by Gasteiger charge is -2.41. The van der Waals surface area contributed by atoms with Crippen molar-refractivity contribution in [2.45, 2.75) is 47.2 Å². The first-order chi connectivity index (χ1) is 18.9. The number of ether oxygens (including phenoxy) is 3. The second-order valence-electron chi connectivity index (χ2n) is 9.73. The van der Waals surface area contributed by atoms with E-state index in [4.69, 9.17) is 14.2 Å².